The molecule has 5 rings (SSSR count). The molecule has 2 saturated carbocycles. The quantitative estimate of drug-likeness (QED) is 0.700. The van der Waals surface area contributed by atoms with Gasteiger partial charge in [-0.3, -0.25) is 4.90 Å². The van der Waals surface area contributed by atoms with Crippen LogP contribution in [0.25, 0.3) is 11.3 Å². The Morgan fingerprint density at radius 1 is 1.03 bits per heavy atom. The number of fused-ring (bicyclic) bond motifs is 1. The van der Waals surface area contributed by atoms with Gasteiger partial charge in [0.15, 0.2) is 11.6 Å². The van der Waals surface area contributed by atoms with Gasteiger partial charge in [0.25, 0.3) is 0 Å². The van der Waals surface area contributed by atoms with Crippen molar-refractivity contribution in [2.45, 2.75) is 50.2 Å². The number of anilines is 1. The number of β-amino-alcohol motifs (C(OH)–C–C–N with tert-alkyl or cyclic N) is 1. The van der Waals surface area contributed by atoms with E-state index in [1.54, 1.807) is 6.07 Å². The van der Waals surface area contributed by atoms with E-state index in [1.165, 1.54) is 6.07 Å². The third-order valence-electron chi connectivity index (χ3n) is 7.16. The van der Waals surface area contributed by atoms with Gasteiger partial charge in [-0.25, -0.2) is 13.2 Å². The molecule has 8 heteroatoms. The molecule has 3 atom stereocenters. The molecule has 1 saturated heterocycles. The van der Waals surface area contributed by atoms with Gasteiger partial charge in [-0.05, 0) is 55.7 Å². The second-order valence-corrected chi connectivity index (χ2v) is 9.51. The highest BCUT2D eigenvalue weighted by Crippen LogP contribution is 2.41. The monoisotopic (exact) mass is 432 g/mol. The summed E-state index contributed by atoms with van der Waals surface area (Å²) in [6.07, 6.45) is 6.17. The van der Waals surface area contributed by atoms with Crippen molar-refractivity contribution in [3.63, 3.8) is 0 Å². The summed E-state index contributed by atoms with van der Waals surface area (Å²) in [5, 5.41) is 22.1. The fourth-order valence-electron chi connectivity index (χ4n) is 5.76. The largest absolute Gasteiger partial charge is 0.389 e. The van der Waals surface area contributed by atoms with Gasteiger partial charge in [-0.15, -0.1) is 10.2 Å². The molecule has 166 valence electrons. The average Bonchev–Trinajstić information content (AvgIpc) is 3.40. The predicted octanol–water partition coefficient (Wildman–Crippen LogP) is 3.99. The third kappa shape index (κ3) is 4.28. The summed E-state index contributed by atoms with van der Waals surface area (Å²) in [6, 6.07) is 4.90. The average molecular weight is 432 g/mol. The van der Waals surface area contributed by atoms with Crippen LogP contribution in [0.3, 0.4) is 0 Å². The number of halogens is 3. The van der Waals surface area contributed by atoms with Crippen LogP contribution in [0.5, 0.6) is 0 Å². The first-order valence-electron chi connectivity index (χ1n) is 11.1. The summed E-state index contributed by atoms with van der Waals surface area (Å²) in [7, 11) is 0. The van der Waals surface area contributed by atoms with Crippen molar-refractivity contribution in [2.75, 3.05) is 25.0 Å². The number of aromatic nitrogens is 2. The highest BCUT2D eigenvalue weighted by Gasteiger charge is 2.43. The Hall–Kier alpha value is -2.19. The van der Waals surface area contributed by atoms with Gasteiger partial charge in [0, 0.05) is 37.3 Å². The SMILES string of the molecule is OC1(CN2C[C@H]3C[C@H](Nc4ccc(-c5cc(F)cc(F)c5F)nn4)C[C@H]3C2)CCCC1. The van der Waals surface area contributed by atoms with Crippen molar-refractivity contribution in [1.29, 1.82) is 0 Å². The van der Waals surface area contributed by atoms with E-state index in [1.807, 2.05) is 0 Å². The lowest BCUT2D eigenvalue weighted by molar-refractivity contribution is 0.0137. The van der Waals surface area contributed by atoms with Crippen molar-refractivity contribution in [1.82, 2.24) is 15.1 Å². The number of nitrogens with one attached hydrogen (secondary N) is 1. The topological polar surface area (TPSA) is 61.3 Å². The molecule has 1 aromatic heterocycles. The smallest absolute Gasteiger partial charge is 0.168 e. The van der Waals surface area contributed by atoms with Gasteiger partial charge in [0.2, 0.25) is 0 Å². The molecule has 3 aliphatic rings. The lowest BCUT2D eigenvalue weighted by Crippen LogP contribution is -2.40. The van der Waals surface area contributed by atoms with E-state index < -0.39 is 23.1 Å². The van der Waals surface area contributed by atoms with E-state index in [0.29, 0.717) is 23.7 Å². The molecule has 0 spiro atoms. The normalized spacial score (nSPS) is 27.5. The van der Waals surface area contributed by atoms with Gasteiger partial charge in [0.1, 0.15) is 11.6 Å². The zero-order valence-electron chi connectivity index (χ0n) is 17.3. The van der Waals surface area contributed by atoms with E-state index in [-0.39, 0.29) is 17.3 Å². The first-order chi connectivity index (χ1) is 14.9. The molecular formula is C23H27F3N4O. The van der Waals surface area contributed by atoms with Crippen molar-refractivity contribution >= 4 is 5.82 Å². The second kappa shape index (κ2) is 8.06. The fourth-order valence-corrected chi connectivity index (χ4v) is 5.76. The van der Waals surface area contributed by atoms with Crippen molar-refractivity contribution in [3.05, 3.63) is 41.7 Å². The third-order valence-corrected chi connectivity index (χ3v) is 7.16. The van der Waals surface area contributed by atoms with Crippen LogP contribution in [0.4, 0.5) is 19.0 Å². The minimum absolute atomic E-state index is 0.0882. The molecule has 2 heterocycles. The maximum atomic E-state index is 14.0. The molecule has 2 N–H and O–H groups in total. The van der Waals surface area contributed by atoms with Crippen LogP contribution in [0, 0.1) is 29.3 Å². The summed E-state index contributed by atoms with van der Waals surface area (Å²) in [4.78, 5) is 2.43. The maximum absolute atomic E-state index is 14.0. The number of likely N-dealkylation sites (tertiary alicyclic amines) is 1. The van der Waals surface area contributed by atoms with Gasteiger partial charge in [-0.1, -0.05) is 12.8 Å². The van der Waals surface area contributed by atoms with Gasteiger partial charge >= 0.3 is 0 Å². The lowest BCUT2D eigenvalue weighted by Gasteiger charge is -2.29. The van der Waals surface area contributed by atoms with Crippen LogP contribution in [-0.4, -0.2) is 51.5 Å². The molecule has 0 unspecified atom stereocenters. The lowest BCUT2D eigenvalue weighted by atomic mass is 10.0. The predicted molar refractivity (Wildman–Crippen MR) is 111 cm³/mol. The van der Waals surface area contributed by atoms with E-state index >= 15 is 0 Å². The maximum Gasteiger partial charge on any atom is 0.168 e. The highest BCUT2D eigenvalue weighted by molar-refractivity contribution is 5.60. The number of rotatable bonds is 5. The van der Waals surface area contributed by atoms with Crippen LogP contribution in [0.2, 0.25) is 0 Å². The van der Waals surface area contributed by atoms with E-state index in [0.717, 1.165) is 64.2 Å². The highest BCUT2D eigenvalue weighted by atomic mass is 19.2. The van der Waals surface area contributed by atoms with Crippen LogP contribution in [-0.2, 0) is 0 Å². The second-order valence-electron chi connectivity index (χ2n) is 9.51. The Morgan fingerprint density at radius 3 is 2.39 bits per heavy atom. The molecule has 0 amide bonds. The summed E-state index contributed by atoms with van der Waals surface area (Å²) in [6.45, 7) is 2.85. The summed E-state index contributed by atoms with van der Waals surface area (Å²) in [5.41, 5.74) is -0.640. The number of benzene rings is 1. The molecule has 5 nitrogen and oxygen atoms in total. The van der Waals surface area contributed by atoms with Crippen LogP contribution in [0.1, 0.15) is 38.5 Å². The van der Waals surface area contributed by atoms with Crippen LogP contribution >= 0.6 is 0 Å². The Bertz CT molecular complexity index is 935. The molecular weight excluding hydrogens is 405 g/mol. The molecule has 1 aromatic carbocycles. The van der Waals surface area contributed by atoms with E-state index in [4.69, 9.17) is 0 Å². The van der Waals surface area contributed by atoms with Gasteiger partial charge in [-0.2, -0.15) is 0 Å². The van der Waals surface area contributed by atoms with Gasteiger partial charge < -0.3 is 10.4 Å². The molecule has 0 bridgehead atoms. The minimum Gasteiger partial charge on any atom is -0.389 e. The first-order valence-corrected chi connectivity index (χ1v) is 11.1. The number of aliphatic hydroxyl groups is 1. The summed E-state index contributed by atoms with van der Waals surface area (Å²) >= 11 is 0. The number of nitrogens with zero attached hydrogens (tertiary/aromatic N) is 3. The molecule has 2 aromatic rings. The molecule has 2 aliphatic carbocycles. The zero-order chi connectivity index (χ0) is 21.6. The number of hydrogen-bond donors (Lipinski definition) is 2. The van der Waals surface area contributed by atoms with Crippen molar-refractivity contribution in [2.24, 2.45) is 11.8 Å². The molecule has 31 heavy (non-hydrogen) atoms. The molecule has 0 radical (unpaired) electrons. The Labute approximate surface area is 179 Å². The van der Waals surface area contributed by atoms with Crippen molar-refractivity contribution < 1.29 is 18.3 Å². The molecule has 3 fully saturated rings. The zero-order valence-corrected chi connectivity index (χ0v) is 17.3. The van der Waals surface area contributed by atoms with E-state index in [9.17, 15) is 18.3 Å². The minimum atomic E-state index is -1.24. The fraction of sp³-hybridized carbons (Fsp3) is 0.565. The van der Waals surface area contributed by atoms with E-state index in [2.05, 4.69) is 20.4 Å². The Balaban J connectivity index is 1.17. The number of hydrogen-bond acceptors (Lipinski definition) is 5. The Kier molecular flexibility index (Phi) is 5.38. The van der Waals surface area contributed by atoms with Crippen molar-refractivity contribution in [3.8, 4) is 11.3 Å². The summed E-state index contributed by atoms with van der Waals surface area (Å²) < 4.78 is 40.9. The standard InChI is InChI=1S/C23H27F3N4O/c24-16-9-18(22(26)19(25)10-16)20-3-4-21(29-28-20)27-17-7-14-11-30(12-15(14)8-17)13-23(31)5-1-2-6-23/h3-4,9-10,14-15,17,31H,1-2,5-8,11-13H2,(H,27,29)/t14-,15+,17+. The first kappa shape index (κ1) is 20.7. The summed E-state index contributed by atoms with van der Waals surface area (Å²) in [5.74, 6) is -1.44. The Morgan fingerprint density at radius 2 is 1.74 bits per heavy atom. The molecule has 1 aliphatic heterocycles. The van der Waals surface area contributed by atoms with Crippen LogP contribution < -0.4 is 5.32 Å². The van der Waals surface area contributed by atoms with Gasteiger partial charge in [0.05, 0.1) is 11.3 Å². The van der Waals surface area contributed by atoms with Crippen LogP contribution in [0.15, 0.2) is 24.3 Å².